The molecule has 0 atom stereocenters. The highest BCUT2D eigenvalue weighted by molar-refractivity contribution is 7.92. The highest BCUT2D eigenvalue weighted by Crippen LogP contribution is 2.12. The molecule has 6 heteroatoms. The van der Waals surface area contributed by atoms with Crippen molar-refractivity contribution in [2.24, 2.45) is 0 Å². The SMILES string of the molecule is O=C1C=CCCN1S(=O)(=O)/C=C/c1cccnc1. The minimum absolute atomic E-state index is 0.190. The first-order valence-corrected chi connectivity index (χ1v) is 6.91. The van der Waals surface area contributed by atoms with Crippen molar-refractivity contribution in [3.63, 3.8) is 0 Å². The van der Waals surface area contributed by atoms with Gasteiger partial charge in [-0.1, -0.05) is 12.1 Å². The standard InChI is InChI=1S/C12H12N2O3S/c15-12-5-1-2-8-14(12)18(16,17)9-6-11-4-3-7-13-10-11/h1,3-7,9-10H,2,8H2/b9-6+. The number of sulfonamides is 1. The first kappa shape index (κ1) is 12.5. The van der Waals surface area contributed by atoms with Crippen LogP contribution in [0.25, 0.3) is 6.08 Å². The number of amides is 1. The number of aromatic nitrogens is 1. The molecule has 0 aliphatic carbocycles. The molecule has 0 saturated carbocycles. The van der Waals surface area contributed by atoms with E-state index in [1.54, 1.807) is 30.6 Å². The summed E-state index contributed by atoms with van der Waals surface area (Å²) in [4.78, 5) is 15.3. The number of carbonyl (C=O) groups excluding carboxylic acids is 1. The highest BCUT2D eigenvalue weighted by atomic mass is 32.2. The van der Waals surface area contributed by atoms with Crippen molar-refractivity contribution in [3.05, 3.63) is 47.6 Å². The van der Waals surface area contributed by atoms with Gasteiger partial charge in [-0.15, -0.1) is 0 Å². The quantitative estimate of drug-likeness (QED) is 0.822. The lowest BCUT2D eigenvalue weighted by Crippen LogP contribution is -2.36. The van der Waals surface area contributed by atoms with Gasteiger partial charge in [-0.3, -0.25) is 9.78 Å². The van der Waals surface area contributed by atoms with Crippen LogP contribution in [0.2, 0.25) is 0 Å². The third kappa shape index (κ3) is 2.84. The highest BCUT2D eigenvalue weighted by Gasteiger charge is 2.24. The maximum Gasteiger partial charge on any atom is 0.259 e. The van der Waals surface area contributed by atoms with Gasteiger partial charge in [-0.25, -0.2) is 12.7 Å². The third-order valence-corrected chi connectivity index (χ3v) is 3.89. The molecule has 0 N–H and O–H groups in total. The van der Waals surface area contributed by atoms with Crippen LogP contribution in [0.5, 0.6) is 0 Å². The predicted molar refractivity (Wildman–Crippen MR) is 67.7 cm³/mol. The van der Waals surface area contributed by atoms with Gasteiger partial charge in [0, 0.05) is 25.0 Å². The summed E-state index contributed by atoms with van der Waals surface area (Å²) in [5.41, 5.74) is 0.668. The molecule has 1 aromatic rings. The summed E-state index contributed by atoms with van der Waals surface area (Å²) in [5.74, 6) is -0.503. The van der Waals surface area contributed by atoms with Crippen molar-refractivity contribution in [2.45, 2.75) is 6.42 Å². The number of hydrogen-bond acceptors (Lipinski definition) is 4. The van der Waals surface area contributed by atoms with E-state index in [1.165, 1.54) is 12.2 Å². The van der Waals surface area contributed by atoms with E-state index in [0.717, 1.165) is 9.71 Å². The summed E-state index contributed by atoms with van der Waals surface area (Å²) in [7, 11) is -3.71. The van der Waals surface area contributed by atoms with E-state index >= 15 is 0 Å². The van der Waals surface area contributed by atoms with Gasteiger partial charge in [0.2, 0.25) is 0 Å². The molecule has 0 radical (unpaired) electrons. The molecule has 0 bridgehead atoms. The topological polar surface area (TPSA) is 67.3 Å². The van der Waals surface area contributed by atoms with Crippen LogP contribution in [0.1, 0.15) is 12.0 Å². The molecule has 0 unspecified atom stereocenters. The molecule has 1 aliphatic heterocycles. The van der Waals surface area contributed by atoms with E-state index in [-0.39, 0.29) is 6.54 Å². The van der Waals surface area contributed by atoms with E-state index in [9.17, 15) is 13.2 Å². The zero-order chi connectivity index (χ0) is 13.0. The zero-order valence-electron chi connectivity index (χ0n) is 9.56. The van der Waals surface area contributed by atoms with Crippen LogP contribution in [0, 0.1) is 0 Å². The van der Waals surface area contributed by atoms with Gasteiger partial charge in [0.25, 0.3) is 15.9 Å². The molecule has 0 fully saturated rings. The van der Waals surface area contributed by atoms with Crippen LogP contribution in [-0.2, 0) is 14.8 Å². The van der Waals surface area contributed by atoms with Gasteiger partial charge in [-0.05, 0) is 24.1 Å². The van der Waals surface area contributed by atoms with Crippen molar-refractivity contribution in [3.8, 4) is 0 Å². The Kier molecular flexibility index (Phi) is 3.57. The lowest BCUT2D eigenvalue weighted by atomic mass is 10.3. The second kappa shape index (κ2) is 5.14. The number of rotatable bonds is 3. The molecule has 0 aromatic carbocycles. The predicted octanol–water partition coefficient (Wildman–Crippen LogP) is 1.17. The molecule has 0 spiro atoms. The molecule has 5 nitrogen and oxygen atoms in total. The summed E-state index contributed by atoms with van der Waals surface area (Å²) in [6.07, 6.45) is 8.06. The average Bonchev–Trinajstić information content (AvgIpc) is 2.38. The summed E-state index contributed by atoms with van der Waals surface area (Å²) >= 11 is 0. The van der Waals surface area contributed by atoms with Gasteiger partial charge >= 0.3 is 0 Å². The Balaban J connectivity index is 2.20. The first-order chi connectivity index (χ1) is 8.59. The van der Waals surface area contributed by atoms with Crippen molar-refractivity contribution in [1.29, 1.82) is 0 Å². The Morgan fingerprint density at radius 1 is 1.39 bits per heavy atom. The summed E-state index contributed by atoms with van der Waals surface area (Å²) in [5, 5.41) is 1.03. The molecule has 94 valence electrons. The fourth-order valence-corrected chi connectivity index (χ4v) is 2.68. The average molecular weight is 264 g/mol. The Morgan fingerprint density at radius 2 is 2.22 bits per heavy atom. The largest absolute Gasteiger partial charge is 0.269 e. The molecule has 18 heavy (non-hydrogen) atoms. The smallest absolute Gasteiger partial charge is 0.259 e. The number of carbonyl (C=O) groups is 1. The Hall–Kier alpha value is -1.95. The van der Waals surface area contributed by atoms with E-state index < -0.39 is 15.9 Å². The zero-order valence-corrected chi connectivity index (χ0v) is 10.4. The Labute approximate surface area is 106 Å². The molecular formula is C12H12N2O3S. The van der Waals surface area contributed by atoms with Gasteiger partial charge in [0.15, 0.2) is 0 Å². The van der Waals surface area contributed by atoms with Gasteiger partial charge in [0.05, 0.1) is 5.41 Å². The van der Waals surface area contributed by atoms with Crippen LogP contribution in [-0.4, -0.2) is 30.2 Å². The maximum atomic E-state index is 11.9. The lowest BCUT2D eigenvalue weighted by Gasteiger charge is -2.20. The second-order valence-corrected chi connectivity index (χ2v) is 5.48. The fourth-order valence-electron chi connectivity index (χ4n) is 1.53. The third-order valence-electron chi connectivity index (χ3n) is 2.43. The van der Waals surface area contributed by atoms with Gasteiger partial charge in [-0.2, -0.15) is 0 Å². The molecular weight excluding hydrogens is 252 g/mol. The molecule has 1 amide bonds. The molecule has 1 aromatic heterocycles. The monoisotopic (exact) mass is 264 g/mol. The number of hydrogen-bond donors (Lipinski definition) is 0. The fraction of sp³-hybridized carbons (Fsp3) is 0.167. The first-order valence-electron chi connectivity index (χ1n) is 5.41. The number of pyridine rings is 1. The minimum atomic E-state index is -3.71. The molecule has 2 heterocycles. The normalized spacial score (nSPS) is 16.4. The van der Waals surface area contributed by atoms with Crippen LogP contribution in [0.3, 0.4) is 0 Å². The molecule has 2 rings (SSSR count). The minimum Gasteiger partial charge on any atom is -0.269 e. The molecule has 0 saturated heterocycles. The lowest BCUT2D eigenvalue weighted by molar-refractivity contribution is -0.121. The Bertz CT molecular complexity index is 591. The van der Waals surface area contributed by atoms with E-state index in [4.69, 9.17) is 0 Å². The van der Waals surface area contributed by atoms with Crippen molar-refractivity contribution < 1.29 is 13.2 Å². The van der Waals surface area contributed by atoms with Gasteiger partial charge in [0.1, 0.15) is 0 Å². The van der Waals surface area contributed by atoms with E-state index in [2.05, 4.69) is 4.98 Å². The summed E-state index contributed by atoms with van der Waals surface area (Å²) in [6, 6.07) is 3.44. The van der Waals surface area contributed by atoms with Crippen LogP contribution < -0.4 is 0 Å². The van der Waals surface area contributed by atoms with E-state index in [0.29, 0.717) is 12.0 Å². The summed E-state index contributed by atoms with van der Waals surface area (Å²) < 4.78 is 24.7. The Morgan fingerprint density at radius 3 is 2.89 bits per heavy atom. The van der Waals surface area contributed by atoms with Crippen LogP contribution in [0.4, 0.5) is 0 Å². The molecule has 1 aliphatic rings. The van der Waals surface area contributed by atoms with Crippen LogP contribution in [0.15, 0.2) is 42.1 Å². The summed E-state index contributed by atoms with van der Waals surface area (Å²) in [6.45, 7) is 0.190. The van der Waals surface area contributed by atoms with Gasteiger partial charge < -0.3 is 0 Å². The van der Waals surface area contributed by atoms with Crippen LogP contribution >= 0.6 is 0 Å². The van der Waals surface area contributed by atoms with Crippen molar-refractivity contribution >= 4 is 22.0 Å². The second-order valence-electron chi connectivity index (χ2n) is 3.74. The van der Waals surface area contributed by atoms with Crippen molar-refractivity contribution in [1.82, 2.24) is 9.29 Å². The van der Waals surface area contributed by atoms with E-state index in [1.807, 2.05) is 0 Å². The van der Waals surface area contributed by atoms with Crippen molar-refractivity contribution in [2.75, 3.05) is 6.54 Å². The number of nitrogens with zero attached hydrogens (tertiary/aromatic N) is 2. The maximum absolute atomic E-state index is 11.9.